The van der Waals surface area contributed by atoms with Crippen LogP contribution in [0.15, 0.2) is 30.3 Å². The molecular weight excluding hydrogens is 220 g/mol. The first-order valence-electron chi connectivity index (χ1n) is 5.13. The fraction of sp³-hybridized carbons (Fsp3) is 0.167. The summed E-state index contributed by atoms with van der Waals surface area (Å²) in [6.45, 7) is 2.08. The van der Waals surface area contributed by atoms with Gasteiger partial charge in [0.25, 0.3) is 0 Å². The second-order valence-corrected chi connectivity index (χ2v) is 3.20. The van der Waals surface area contributed by atoms with E-state index in [2.05, 4.69) is 5.32 Å². The quantitative estimate of drug-likeness (QED) is 0.615. The molecule has 0 radical (unpaired) electrons. The molecule has 2 amide bonds. The number of nitrogens with one attached hydrogen (secondary N) is 1. The van der Waals surface area contributed by atoms with Gasteiger partial charge in [-0.25, -0.2) is 9.59 Å². The maximum absolute atomic E-state index is 11.1. The number of urea groups is 1. The van der Waals surface area contributed by atoms with Crippen molar-refractivity contribution < 1.29 is 14.3 Å². The molecule has 5 nitrogen and oxygen atoms in total. The number of nitrogens with two attached hydrogens (primary N) is 1. The van der Waals surface area contributed by atoms with Gasteiger partial charge in [-0.15, -0.1) is 0 Å². The molecule has 0 spiro atoms. The van der Waals surface area contributed by atoms with Crippen molar-refractivity contribution in [3.63, 3.8) is 0 Å². The summed E-state index contributed by atoms with van der Waals surface area (Å²) in [5.74, 6) is -0.402. The molecular formula is C12H14N2O3. The van der Waals surface area contributed by atoms with Crippen LogP contribution in [0.4, 0.5) is 10.5 Å². The molecule has 1 aromatic carbocycles. The van der Waals surface area contributed by atoms with E-state index in [1.54, 1.807) is 37.3 Å². The van der Waals surface area contributed by atoms with Crippen molar-refractivity contribution in [2.75, 3.05) is 11.9 Å². The number of ether oxygens (including phenoxy) is 1. The van der Waals surface area contributed by atoms with Gasteiger partial charge >= 0.3 is 12.0 Å². The van der Waals surface area contributed by atoms with Gasteiger partial charge in [0.1, 0.15) is 0 Å². The molecule has 0 saturated heterocycles. The number of esters is 1. The summed E-state index contributed by atoms with van der Waals surface area (Å²) in [6.07, 6.45) is 2.93. The normalized spacial score (nSPS) is 10.2. The molecule has 0 aliphatic heterocycles. The molecule has 5 heteroatoms. The smallest absolute Gasteiger partial charge is 0.330 e. The summed E-state index contributed by atoms with van der Waals surface area (Å²) >= 11 is 0. The van der Waals surface area contributed by atoms with E-state index in [9.17, 15) is 9.59 Å². The number of hydrogen-bond acceptors (Lipinski definition) is 3. The van der Waals surface area contributed by atoms with Crippen LogP contribution >= 0.6 is 0 Å². The van der Waals surface area contributed by atoms with E-state index < -0.39 is 12.0 Å². The highest BCUT2D eigenvalue weighted by Crippen LogP contribution is 2.11. The highest BCUT2D eigenvalue weighted by molar-refractivity contribution is 5.89. The van der Waals surface area contributed by atoms with Crippen molar-refractivity contribution in [3.8, 4) is 0 Å². The highest BCUT2D eigenvalue weighted by Gasteiger charge is 1.97. The Morgan fingerprint density at radius 3 is 2.88 bits per heavy atom. The molecule has 0 atom stereocenters. The van der Waals surface area contributed by atoms with Gasteiger partial charge in [-0.05, 0) is 30.7 Å². The standard InChI is InChI=1S/C12H14N2O3/c1-2-17-11(15)7-6-9-4-3-5-10(8-9)14-12(13)16/h3-8H,2H2,1H3,(H3,13,14,16). The zero-order valence-electron chi connectivity index (χ0n) is 9.47. The predicted molar refractivity (Wildman–Crippen MR) is 65.3 cm³/mol. The Hall–Kier alpha value is -2.30. The first-order valence-corrected chi connectivity index (χ1v) is 5.13. The van der Waals surface area contributed by atoms with E-state index in [1.807, 2.05) is 0 Å². The minimum atomic E-state index is -0.628. The maximum Gasteiger partial charge on any atom is 0.330 e. The van der Waals surface area contributed by atoms with Crippen molar-refractivity contribution >= 4 is 23.8 Å². The Bertz CT molecular complexity index is 441. The lowest BCUT2D eigenvalue weighted by Gasteiger charge is -2.02. The van der Waals surface area contributed by atoms with Crippen LogP contribution in [0.25, 0.3) is 6.08 Å². The fourth-order valence-electron chi connectivity index (χ4n) is 1.22. The van der Waals surface area contributed by atoms with Gasteiger partial charge in [-0.1, -0.05) is 12.1 Å². The lowest BCUT2D eigenvalue weighted by molar-refractivity contribution is -0.137. The van der Waals surface area contributed by atoms with Crippen LogP contribution in [-0.2, 0) is 9.53 Å². The Labute approximate surface area is 99.3 Å². The molecule has 90 valence electrons. The van der Waals surface area contributed by atoms with E-state index >= 15 is 0 Å². The van der Waals surface area contributed by atoms with E-state index in [4.69, 9.17) is 10.5 Å². The third kappa shape index (κ3) is 4.83. The summed E-state index contributed by atoms with van der Waals surface area (Å²) in [7, 11) is 0. The van der Waals surface area contributed by atoms with Gasteiger partial charge in [0, 0.05) is 11.8 Å². The number of carbonyl (C=O) groups excluding carboxylic acids is 2. The topological polar surface area (TPSA) is 81.4 Å². The van der Waals surface area contributed by atoms with Crippen LogP contribution in [0.5, 0.6) is 0 Å². The monoisotopic (exact) mass is 234 g/mol. The third-order valence-electron chi connectivity index (χ3n) is 1.85. The number of primary amides is 1. The Morgan fingerprint density at radius 2 is 2.24 bits per heavy atom. The van der Waals surface area contributed by atoms with E-state index in [0.29, 0.717) is 12.3 Å². The minimum Gasteiger partial charge on any atom is -0.463 e. The zero-order valence-corrected chi connectivity index (χ0v) is 9.47. The van der Waals surface area contributed by atoms with Gasteiger partial charge in [-0.2, -0.15) is 0 Å². The molecule has 1 rings (SSSR count). The molecule has 0 fully saturated rings. The van der Waals surface area contributed by atoms with E-state index in [1.165, 1.54) is 6.08 Å². The minimum absolute atomic E-state index is 0.340. The van der Waals surface area contributed by atoms with E-state index in [-0.39, 0.29) is 0 Å². The van der Waals surface area contributed by atoms with Crippen molar-refractivity contribution in [1.82, 2.24) is 0 Å². The third-order valence-corrected chi connectivity index (χ3v) is 1.85. The molecule has 0 saturated carbocycles. The number of hydrogen-bond donors (Lipinski definition) is 2. The molecule has 0 heterocycles. The zero-order chi connectivity index (χ0) is 12.7. The van der Waals surface area contributed by atoms with Crippen LogP contribution in [0.3, 0.4) is 0 Å². The second kappa shape index (κ2) is 6.32. The average molecular weight is 234 g/mol. The summed E-state index contributed by atoms with van der Waals surface area (Å²) in [6, 6.07) is 6.31. The van der Waals surface area contributed by atoms with Gasteiger partial charge in [0.15, 0.2) is 0 Å². The van der Waals surface area contributed by atoms with Gasteiger partial charge in [0.2, 0.25) is 0 Å². The molecule has 1 aromatic rings. The van der Waals surface area contributed by atoms with Gasteiger partial charge < -0.3 is 15.8 Å². The second-order valence-electron chi connectivity index (χ2n) is 3.20. The fourth-order valence-corrected chi connectivity index (χ4v) is 1.22. The SMILES string of the molecule is CCOC(=O)C=Cc1cccc(NC(N)=O)c1. The van der Waals surface area contributed by atoms with Crippen molar-refractivity contribution in [2.45, 2.75) is 6.92 Å². The van der Waals surface area contributed by atoms with Gasteiger partial charge in [-0.3, -0.25) is 0 Å². The number of rotatable bonds is 4. The number of amides is 2. The average Bonchev–Trinajstić information content (AvgIpc) is 2.26. The Morgan fingerprint density at radius 1 is 1.47 bits per heavy atom. The molecule has 0 unspecified atom stereocenters. The first kappa shape index (κ1) is 12.8. The molecule has 17 heavy (non-hydrogen) atoms. The van der Waals surface area contributed by atoms with Crippen molar-refractivity contribution in [2.24, 2.45) is 5.73 Å². The molecule has 3 N–H and O–H groups in total. The van der Waals surface area contributed by atoms with Crippen LogP contribution in [0.2, 0.25) is 0 Å². The van der Waals surface area contributed by atoms with Crippen molar-refractivity contribution in [1.29, 1.82) is 0 Å². The first-order chi connectivity index (χ1) is 8.11. The van der Waals surface area contributed by atoms with Crippen molar-refractivity contribution in [3.05, 3.63) is 35.9 Å². The van der Waals surface area contributed by atoms with Crippen LogP contribution in [0, 0.1) is 0 Å². The summed E-state index contributed by atoms with van der Waals surface area (Å²) in [4.78, 5) is 21.7. The summed E-state index contributed by atoms with van der Waals surface area (Å²) in [5, 5.41) is 2.45. The van der Waals surface area contributed by atoms with E-state index in [0.717, 1.165) is 5.56 Å². The summed E-state index contributed by atoms with van der Waals surface area (Å²) in [5.41, 5.74) is 6.33. The Balaban J connectivity index is 2.71. The Kier molecular flexibility index (Phi) is 4.75. The lowest BCUT2D eigenvalue weighted by atomic mass is 10.2. The van der Waals surface area contributed by atoms with Crippen LogP contribution in [-0.4, -0.2) is 18.6 Å². The number of carbonyl (C=O) groups is 2. The van der Waals surface area contributed by atoms with Gasteiger partial charge in [0.05, 0.1) is 6.61 Å². The molecule has 0 aromatic heterocycles. The van der Waals surface area contributed by atoms with Crippen LogP contribution in [0.1, 0.15) is 12.5 Å². The number of anilines is 1. The van der Waals surface area contributed by atoms with Crippen LogP contribution < -0.4 is 11.1 Å². The maximum atomic E-state index is 11.1. The number of benzene rings is 1. The predicted octanol–water partition coefficient (Wildman–Crippen LogP) is 1.75. The largest absolute Gasteiger partial charge is 0.463 e. The molecule has 0 aliphatic carbocycles. The highest BCUT2D eigenvalue weighted by atomic mass is 16.5. The summed E-state index contributed by atoms with van der Waals surface area (Å²) < 4.78 is 4.74. The molecule has 0 aliphatic rings. The molecule has 0 bridgehead atoms. The lowest BCUT2D eigenvalue weighted by Crippen LogP contribution is -2.19.